The fraction of sp³-hybridized carbons (Fsp3) is 0.714. The molecule has 0 spiro atoms. The highest BCUT2D eigenvalue weighted by atomic mass is 19.4. The number of carbonyl (C=O) groups excluding carboxylic acids is 2. The largest absolute Gasteiger partial charge is 0.539 e. The highest BCUT2D eigenvalue weighted by molar-refractivity contribution is 6.27. The molecule has 0 aliphatic rings. The van der Waals surface area contributed by atoms with Crippen LogP contribution < -0.4 is 5.11 Å². The van der Waals surface area contributed by atoms with Crippen LogP contribution in [0.1, 0.15) is 12.8 Å². The van der Waals surface area contributed by atoms with Crippen molar-refractivity contribution in [3.63, 3.8) is 0 Å². The van der Waals surface area contributed by atoms with Crippen LogP contribution in [0.3, 0.4) is 0 Å². The number of rotatable bonds is 4. The minimum absolute atomic E-state index is 1.67. The first-order valence-electron chi connectivity index (χ1n) is 3.98. The molecule has 17 heavy (non-hydrogen) atoms. The van der Waals surface area contributed by atoms with E-state index in [1.807, 2.05) is 0 Å². The first kappa shape index (κ1) is 15.5. The molecule has 0 aliphatic carbocycles. The fourth-order valence-electron chi connectivity index (χ4n) is 0.688. The minimum atomic E-state index is -4.96. The standard InChI is InChI=1S/C7H6F6O4/c8-3(1-2-6(9,10)11)7(12,13)17-5(16)4(14)15/h3H,1-2H2,(H,14,15)/p-1. The summed E-state index contributed by atoms with van der Waals surface area (Å²) in [6.45, 7) is 0. The predicted octanol–water partition coefficient (Wildman–Crippen LogP) is 0.553. The van der Waals surface area contributed by atoms with E-state index in [-0.39, 0.29) is 0 Å². The van der Waals surface area contributed by atoms with Gasteiger partial charge in [-0.05, 0) is 6.42 Å². The Morgan fingerprint density at radius 2 is 1.65 bits per heavy atom. The molecule has 4 nitrogen and oxygen atoms in total. The summed E-state index contributed by atoms with van der Waals surface area (Å²) in [6.07, 6.45) is -16.8. The van der Waals surface area contributed by atoms with Crippen LogP contribution in [-0.4, -0.2) is 30.4 Å². The lowest BCUT2D eigenvalue weighted by Crippen LogP contribution is -2.42. The van der Waals surface area contributed by atoms with Crippen LogP contribution in [0.25, 0.3) is 0 Å². The average Bonchev–Trinajstić information content (AvgIpc) is 2.11. The first-order valence-corrected chi connectivity index (χ1v) is 3.98. The van der Waals surface area contributed by atoms with Crippen LogP contribution in [0.4, 0.5) is 26.3 Å². The average molecular weight is 267 g/mol. The van der Waals surface area contributed by atoms with Gasteiger partial charge in [0.1, 0.15) is 0 Å². The second kappa shape index (κ2) is 5.23. The molecule has 0 aromatic carbocycles. The smallest absolute Gasteiger partial charge is 0.432 e. The normalized spacial score (nSPS) is 14.2. The van der Waals surface area contributed by atoms with Gasteiger partial charge >= 0.3 is 18.3 Å². The number of esters is 1. The molecule has 1 atom stereocenters. The molecule has 0 saturated heterocycles. The van der Waals surface area contributed by atoms with Crippen molar-refractivity contribution >= 4 is 11.9 Å². The van der Waals surface area contributed by atoms with Gasteiger partial charge in [0.05, 0.1) is 0 Å². The minimum Gasteiger partial charge on any atom is -0.539 e. The molecule has 0 aliphatic heterocycles. The number of halogens is 6. The highest BCUT2D eigenvalue weighted by Crippen LogP contribution is 2.30. The third kappa shape index (κ3) is 5.97. The SMILES string of the molecule is O=C([O-])C(=O)OC(F)(F)C(F)CCC(F)(F)F. The molecule has 0 heterocycles. The second-order valence-electron chi connectivity index (χ2n) is 2.86. The quantitative estimate of drug-likeness (QED) is 0.424. The van der Waals surface area contributed by atoms with E-state index < -0.39 is 43.2 Å². The Hall–Kier alpha value is -1.48. The first-order chi connectivity index (χ1) is 7.46. The van der Waals surface area contributed by atoms with Crippen molar-refractivity contribution in [2.24, 2.45) is 0 Å². The fourth-order valence-corrected chi connectivity index (χ4v) is 0.688. The third-order valence-corrected chi connectivity index (χ3v) is 1.44. The summed E-state index contributed by atoms with van der Waals surface area (Å²) in [7, 11) is 0. The Balaban J connectivity index is 4.39. The Labute approximate surface area is 90.2 Å². The molecule has 0 radical (unpaired) electrons. The summed E-state index contributed by atoms with van der Waals surface area (Å²) in [5.41, 5.74) is 0. The van der Waals surface area contributed by atoms with Crippen LogP contribution in [0.5, 0.6) is 0 Å². The summed E-state index contributed by atoms with van der Waals surface area (Å²) >= 11 is 0. The van der Waals surface area contributed by atoms with Gasteiger partial charge in [-0.15, -0.1) is 0 Å². The van der Waals surface area contributed by atoms with Gasteiger partial charge in [-0.1, -0.05) is 0 Å². The molecule has 0 fully saturated rings. The monoisotopic (exact) mass is 267 g/mol. The molecular formula is C7H5F6O4-. The number of alkyl halides is 6. The number of ether oxygens (including phenoxy) is 1. The van der Waals surface area contributed by atoms with Crippen LogP contribution in [-0.2, 0) is 14.3 Å². The maximum Gasteiger partial charge on any atom is 0.432 e. The lowest BCUT2D eigenvalue weighted by molar-refractivity contribution is -0.315. The lowest BCUT2D eigenvalue weighted by atomic mass is 10.2. The van der Waals surface area contributed by atoms with Crippen molar-refractivity contribution in [2.45, 2.75) is 31.3 Å². The molecule has 1 unspecified atom stereocenters. The van der Waals surface area contributed by atoms with E-state index in [0.717, 1.165) is 0 Å². The zero-order chi connectivity index (χ0) is 13.9. The Bertz CT molecular complexity index is 299. The highest BCUT2D eigenvalue weighted by Gasteiger charge is 2.46. The maximum absolute atomic E-state index is 12.6. The molecular weight excluding hydrogens is 262 g/mol. The van der Waals surface area contributed by atoms with E-state index in [0.29, 0.717) is 0 Å². The molecule has 10 heteroatoms. The number of aliphatic carboxylic acids is 1. The number of carboxylic acids is 1. The van der Waals surface area contributed by atoms with Gasteiger partial charge in [0, 0.05) is 6.42 Å². The Kier molecular flexibility index (Phi) is 4.78. The topological polar surface area (TPSA) is 66.4 Å². The van der Waals surface area contributed by atoms with Crippen LogP contribution in [0, 0.1) is 0 Å². The summed E-state index contributed by atoms with van der Waals surface area (Å²) in [5, 5.41) is 9.70. The van der Waals surface area contributed by atoms with Crippen LogP contribution in [0.2, 0.25) is 0 Å². The van der Waals surface area contributed by atoms with Gasteiger partial charge in [-0.25, -0.2) is 9.18 Å². The summed E-state index contributed by atoms with van der Waals surface area (Å²) in [5.74, 6) is -5.22. The number of hydrogen-bond acceptors (Lipinski definition) is 4. The maximum atomic E-state index is 12.6. The second-order valence-corrected chi connectivity index (χ2v) is 2.86. The molecule has 0 aromatic heterocycles. The van der Waals surface area contributed by atoms with Gasteiger partial charge in [0.25, 0.3) is 0 Å². The number of carboxylic acid groups (broad SMARTS) is 1. The Morgan fingerprint density at radius 1 is 1.18 bits per heavy atom. The molecule has 0 bridgehead atoms. The van der Waals surface area contributed by atoms with Crippen molar-refractivity contribution in [3.05, 3.63) is 0 Å². The van der Waals surface area contributed by atoms with Crippen molar-refractivity contribution in [1.29, 1.82) is 0 Å². The Morgan fingerprint density at radius 3 is 2.00 bits per heavy atom. The van der Waals surface area contributed by atoms with E-state index in [4.69, 9.17) is 0 Å². The van der Waals surface area contributed by atoms with Crippen molar-refractivity contribution in [3.8, 4) is 0 Å². The zero-order valence-electron chi connectivity index (χ0n) is 7.89. The van der Waals surface area contributed by atoms with Crippen molar-refractivity contribution in [2.75, 3.05) is 0 Å². The van der Waals surface area contributed by atoms with E-state index in [1.54, 1.807) is 0 Å². The lowest BCUT2D eigenvalue weighted by Gasteiger charge is -2.20. The van der Waals surface area contributed by atoms with Gasteiger partial charge < -0.3 is 14.6 Å². The summed E-state index contributed by atoms with van der Waals surface area (Å²) < 4.78 is 75.2. The summed E-state index contributed by atoms with van der Waals surface area (Å²) in [6, 6.07) is 0. The summed E-state index contributed by atoms with van der Waals surface area (Å²) in [4.78, 5) is 19.8. The molecule has 100 valence electrons. The third-order valence-electron chi connectivity index (χ3n) is 1.44. The van der Waals surface area contributed by atoms with Crippen LogP contribution in [0.15, 0.2) is 0 Å². The van der Waals surface area contributed by atoms with Gasteiger partial charge in [-0.3, -0.25) is 0 Å². The zero-order valence-corrected chi connectivity index (χ0v) is 7.89. The van der Waals surface area contributed by atoms with E-state index in [9.17, 15) is 41.0 Å². The van der Waals surface area contributed by atoms with Crippen molar-refractivity contribution in [1.82, 2.24) is 0 Å². The van der Waals surface area contributed by atoms with Crippen molar-refractivity contribution < 1.29 is 45.8 Å². The van der Waals surface area contributed by atoms with E-state index in [2.05, 4.69) is 4.74 Å². The molecule has 0 N–H and O–H groups in total. The van der Waals surface area contributed by atoms with Gasteiger partial charge in [0.2, 0.25) is 6.17 Å². The van der Waals surface area contributed by atoms with Gasteiger partial charge in [-0.2, -0.15) is 22.0 Å². The van der Waals surface area contributed by atoms with Gasteiger partial charge in [0.15, 0.2) is 5.97 Å². The van der Waals surface area contributed by atoms with E-state index in [1.165, 1.54) is 0 Å². The molecule has 0 rings (SSSR count). The molecule has 0 saturated carbocycles. The predicted molar refractivity (Wildman–Crippen MR) is 36.2 cm³/mol. The van der Waals surface area contributed by atoms with Crippen LogP contribution >= 0.6 is 0 Å². The molecule has 0 amide bonds. The number of hydrogen-bond donors (Lipinski definition) is 0. The van der Waals surface area contributed by atoms with E-state index >= 15 is 0 Å². The number of carbonyl (C=O) groups is 2. The molecule has 0 aromatic rings.